The minimum atomic E-state index is -0.836. The molecule has 9 heteroatoms. The summed E-state index contributed by atoms with van der Waals surface area (Å²) in [5, 5.41) is 3.30. The van der Waals surface area contributed by atoms with Crippen molar-refractivity contribution >= 4 is 69.7 Å². The third-order valence-corrected chi connectivity index (χ3v) is 4.04. The lowest BCUT2D eigenvalue weighted by Crippen LogP contribution is -2.21. The average Bonchev–Trinajstić information content (AvgIpc) is 2.52. The van der Waals surface area contributed by atoms with Crippen LogP contribution in [0.25, 0.3) is 0 Å². The van der Waals surface area contributed by atoms with E-state index in [1.54, 1.807) is 18.2 Å². The molecule has 0 atom stereocenters. The molecule has 0 aromatic heterocycles. The number of nitrogens with one attached hydrogen (secondary N) is 1. The van der Waals surface area contributed by atoms with E-state index in [9.17, 15) is 9.59 Å². The molecule has 0 unspecified atom stereocenters. The maximum Gasteiger partial charge on any atom is 0.340 e. The number of nitrogen functional groups attached to an aromatic ring is 1. The molecule has 2 aromatic rings. The zero-order valence-electron chi connectivity index (χ0n) is 11.9. The second-order valence-electron chi connectivity index (χ2n) is 4.57. The lowest BCUT2D eigenvalue weighted by Gasteiger charge is -2.11. The minimum absolute atomic E-state index is 0.0145. The van der Waals surface area contributed by atoms with Crippen LogP contribution < -0.4 is 11.1 Å². The molecule has 0 saturated heterocycles. The quantitative estimate of drug-likeness (QED) is 0.569. The van der Waals surface area contributed by atoms with Crippen LogP contribution in [0, 0.1) is 0 Å². The summed E-state index contributed by atoms with van der Waals surface area (Å²) in [6.45, 7) is -0.566. The molecule has 1 amide bonds. The summed E-state index contributed by atoms with van der Waals surface area (Å²) < 4.78 is 4.90. The molecule has 0 spiro atoms. The van der Waals surface area contributed by atoms with Gasteiger partial charge in [-0.3, -0.25) is 4.79 Å². The molecule has 2 rings (SSSR count). The van der Waals surface area contributed by atoms with Gasteiger partial charge in [-0.1, -0.05) is 52.5 Å². The van der Waals surface area contributed by atoms with Crippen molar-refractivity contribution < 1.29 is 14.3 Å². The van der Waals surface area contributed by atoms with E-state index < -0.39 is 18.5 Å². The van der Waals surface area contributed by atoms with Gasteiger partial charge in [-0.2, -0.15) is 0 Å². The van der Waals surface area contributed by atoms with Crippen LogP contribution in [-0.4, -0.2) is 18.5 Å². The largest absolute Gasteiger partial charge is 0.452 e. The highest BCUT2D eigenvalue weighted by Crippen LogP contribution is 2.30. The molecule has 24 heavy (non-hydrogen) atoms. The van der Waals surface area contributed by atoms with Gasteiger partial charge in [0.15, 0.2) is 6.61 Å². The minimum Gasteiger partial charge on any atom is -0.452 e. The van der Waals surface area contributed by atoms with Gasteiger partial charge in [0, 0.05) is 5.02 Å². The summed E-state index contributed by atoms with van der Waals surface area (Å²) in [7, 11) is 0. The smallest absolute Gasteiger partial charge is 0.340 e. The summed E-state index contributed by atoms with van der Waals surface area (Å²) in [6.07, 6.45) is 0. The molecule has 126 valence electrons. The zero-order valence-corrected chi connectivity index (χ0v) is 14.9. The van der Waals surface area contributed by atoms with E-state index in [1.165, 1.54) is 12.1 Å². The Kier molecular flexibility index (Phi) is 6.18. The van der Waals surface area contributed by atoms with Crippen LogP contribution in [0.2, 0.25) is 20.1 Å². The number of esters is 1. The third-order valence-electron chi connectivity index (χ3n) is 2.88. The standard InChI is InChI=1S/C15H10Cl4N2O3/c16-7-4-8(13(20)11(19)5-7)15(23)24-6-12(22)21-14-9(17)2-1-3-10(14)18/h1-5H,6,20H2,(H,21,22). The zero-order chi connectivity index (χ0) is 17.9. The highest BCUT2D eigenvalue weighted by molar-refractivity contribution is 6.40. The van der Waals surface area contributed by atoms with Crippen molar-refractivity contribution in [3.05, 3.63) is 56.0 Å². The molecule has 0 aliphatic carbocycles. The van der Waals surface area contributed by atoms with Crippen molar-refractivity contribution in [3.63, 3.8) is 0 Å². The maximum atomic E-state index is 12.0. The average molecular weight is 408 g/mol. The van der Waals surface area contributed by atoms with E-state index in [-0.39, 0.29) is 37.0 Å². The van der Waals surface area contributed by atoms with Gasteiger partial charge >= 0.3 is 5.97 Å². The maximum absolute atomic E-state index is 12.0. The number of carbonyl (C=O) groups excluding carboxylic acids is 2. The number of benzene rings is 2. The molecule has 2 aromatic carbocycles. The number of carbonyl (C=O) groups is 2. The highest BCUT2D eigenvalue weighted by atomic mass is 35.5. The number of nitrogens with two attached hydrogens (primary N) is 1. The monoisotopic (exact) mass is 406 g/mol. The number of ether oxygens (including phenoxy) is 1. The number of para-hydroxylation sites is 1. The van der Waals surface area contributed by atoms with Gasteiger partial charge in [0.05, 0.1) is 32.0 Å². The molecule has 0 saturated carbocycles. The first-order valence-electron chi connectivity index (χ1n) is 6.45. The van der Waals surface area contributed by atoms with Gasteiger partial charge in [-0.15, -0.1) is 0 Å². The third kappa shape index (κ3) is 4.45. The predicted octanol–water partition coefficient (Wildman–Crippen LogP) is 4.68. The van der Waals surface area contributed by atoms with E-state index >= 15 is 0 Å². The van der Waals surface area contributed by atoms with Gasteiger partial charge in [-0.05, 0) is 24.3 Å². The summed E-state index contributed by atoms with van der Waals surface area (Å²) in [5.74, 6) is -1.46. The molecule has 0 radical (unpaired) electrons. The number of amides is 1. The number of rotatable bonds is 4. The van der Waals surface area contributed by atoms with E-state index in [0.717, 1.165) is 0 Å². The predicted molar refractivity (Wildman–Crippen MR) is 96.2 cm³/mol. The molecule has 0 bridgehead atoms. The second-order valence-corrected chi connectivity index (χ2v) is 6.23. The lowest BCUT2D eigenvalue weighted by atomic mass is 10.2. The fraction of sp³-hybridized carbons (Fsp3) is 0.0667. The van der Waals surface area contributed by atoms with E-state index in [2.05, 4.69) is 5.32 Å². The summed E-state index contributed by atoms with van der Waals surface area (Å²) in [6, 6.07) is 7.44. The Morgan fingerprint density at radius 1 is 1.04 bits per heavy atom. The van der Waals surface area contributed by atoms with Crippen LogP contribution in [-0.2, 0) is 9.53 Å². The Balaban J connectivity index is 2.03. The topological polar surface area (TPSA) is 81.4 Å². The Bertz CT molecular complexity index is 791. The first-order chi connectivity index (χ1) is 11.3. The fourth-order valence-corrected chi connectivity index (χ4v) is 2.74. The Morgan fingerprint density at radius 3 is 2.29 bits per heavy atom. The Labute approximate surface area is 157 Å². The molecular weight excluding hydrogens is 398 g/mol. The SMILES string of the molecule is Nc1c(Cl)cc(Cl)cc1C(=O)OCC(=O)Nc1c(Cl)cccc1Cl. The normalized spacial score (nSPS) is 10.3. The summed E-state index contributed by atoms with van der Waals surface area (Å²) in [4.78, 5) is 23.9. The molecule has 5 nitrogen and oxygen atoms in total. The van der Waals surface area contributed by atoms with Crippen molar-refractivity contribution in [3.8, 4) is 0 Å². The van der Waals surface area contributed by atoms with Gasteiger partial charge in [-0.25, -0.2) is 4.79 Å². The van der Waals surface area contributed by atoms with E-state index in [0.29, 0.717) is 0 Å². The van der Waals surface area contributed by atoms with Crippen LogP contribution in [0.5, 0.6) is 0 Å². The van der Waals surface area contributed by atoms with Crippen molar-refractivity contribution in [2.45, 2.75) is 0 Å². The lowest BCUT2D eigenvalue weighted by molar-refractivity contribution is -0.119. The molecule has 0 heterocycles. The number of hydrogen-bond acceptors (Lipinski definition) is 4. The van der Waals surface area contributed by atoms with E-state index in [4.69, 9.17) is 56.9 Å². The number of hydrogen-bond donors (Lipinski definition) is 2. The van der Waals surface area contributed by atoms with Gasteiger partial charge < -0.3 is 15.8 Å². The second kappa shape index (κ2) is 7.94. The molecule has 0 fully saturated rings. The van der Waals surface area contributed by atoms with Crippen molar-refractivity contribution in [2.75, 3.05) is 17.7 Å². The first kappa shape index (κ1) is 18.7. The Hall–Kier alpha value is -1.66. The molecule has 0 aliphatic rings. The molecule has 3 N–H and O–H groups in total. The molecular formula is C15H10Cl4N2O3. The number of halogens is 4. The van der Waals surface area contributed by atoms with Crippen molar-refractivity contribution in [1.82, 2.24) is 0 Å². The number of anilines is 2. The summed E-state index contributed by atoms with van der Waals surface area (Å²) in [5.41, 5.74) is 5.91. The van der Waals surface area contributed by atoms with Gasteiger partial charge in [0.1, 0.15) is 0 Å². The van der Waals surface area contributed by atoms with Crippen LogP contribution in [0.4, 0.5) is 11.4 Å². The van der Waals surface area contributed by atoms with Gasteiger partial charge in [0.25, 0.3) is 5.91 Å². The first-order valence-corrected chi connectivity index (χ1v) is 7.96. The van der Waals surface area contributed by atoms with E-state index in [1.807, 2.05) is 0 Å². The van der Waals surface area contributed by atoms with Gasteiger partial charge in [0.2, 0.25) is 0 Å². The molecule has 0 aliphatic heterocycles. The Morgan fingerprint density at radius 2 is 1.67 bits per heavy atom. The van der Waals surface area contributed by atoms with Crippen molar-refractivity contribution in [2.24, 2.45) is 0 Å². The van der Waals surface area contributed by atoms with Crippen LogP contribution in [0.3, 0.4) is 0 Å². The van der Waals surface area contributed by atoms with Crippen molar-refractivity contribution in [1.29, 1.82) is 0 Å². The van der Waals surface area contributed by atoms with Crippen LogP contribution >= 0.6 is 46.4 Å². The van der Waals surface area contributed by atoms with Crippen LogP contribution in [0.15, 0.2) is 30.3 Å². The summed E-state index contributed by atoms with van der Waals surface area (Å²) >= 11 is 23.5. The highest BCUT2D eigenvalue weighted by Gasteiger charge is 2.17. The van der Waals surface area contributed by atoms with Crippen LogP contribution in [0.1, 0.15) is 10.4 Å². The fourth-order valence-electron chi connectivity index (χ4n) is 1.76.